The largest absolute Gasteiger partial charge is 0.326 e. The van der Waals surface area contributed by atoms with Crippen molar-refractivity contribution in [2.45, 2.75) is 66.1 Å². The molecular formula is C14H28N2O. The lowest BCUT2D eigenvalue weighted by molar-refractivity contribution is -0.130. The topological polar surface area (TPSA) is 32.3 Å². The molecule has 0 aromatic heterocycles. The van der Waals surface area contributed by atoms with Crippen molar-refractivity contribution in [3.05, 3.63) is 0 Å². The molecule has 100 valence electrons. The van der Waals surface area contributed by atoms with E-state index in [1.54, 1.807) is 0 Å². The molecule has 0 aromatic rings. The SMILES string of the molecule is CCC(CC)CN1C(=O)C(CC(C)C)NC1C. The number of hydrogen-bond donors (Lipinski definition) is 1. The van der Waals surface area contributed by atoms with Crippen LogP contribution in [0.1, 0.15) is 53.9 Å². The normalized spacial score (nSPS) is 25.4. The Morgan fingerprint density at radius 3 is 2.35 bits per heavy atom. The van der Waals surface area contributed by atoms with Gasteiger partial charge in [-0.25, -0.2) is 0 Å². The summed E-state index contributed by atoms with van der Waals surface area (Å²) in [7, 11) is 0. The van der Waals surface area contributed by atoms with Crippen molar-refractivity contribution >= 4 is 5.91 Å². The van der Waals surface area contributed by atoms with E-state index in [0.29, 0.717) is 17.7 Å². The second-order valence-corrected chi connectivity index (χ2v) is 5.70. The van der Waals surface area contributed by atoms with Crippen molar-refractivity contribution in [1.82, 2.24) is 10.2 Å². The van der Waals surface area contributed by atoms with Crippen molar-refractivity contribution in [3.63, 3.8) is 0 Å². The summed E-state index contributed by atoms with van der Waals surface area (Å²) in [6.07, 6.45) is 3.46. The van der Waals surface area contributed by atoms with Gasteiger partial charge < -0.3 is 4.90 Å². The van der Waals surface area contributed by atoms with Crippen molar-refractivity contribution in [2.75, 3.05) is 6.54 Å². The minimum Gasteiger partial charge on any atom is -0.326 e. The first-order chi connectivity index (χ1) is 7.99. The minimum absolute atomic E-state index is 0.0411. The lowest BCUT2D eigenvalue weighted by Gasteiger charge is -2.25. The summed E-state index contributed by atoms with van der Waals surface area (Å²) in [6.45, 7) is 11.8. The van der Waals surface area contributed by atoms with Gasteiger partial charge in [0.2, 0.25) is 5.91 Å². The third kappa shape index (κ3) is 3.70. The Morgan fingerprint density at radius 2 is 1.88 bits per heavy atom. The van der Waals surface area contributed by atoms with Crippen LogP contribution in [-0.4, -0.2) is 29.6 Å². The maximum Gasteiger partial charge on any atom is 0.241 e. The van der Waals surface area contributed by atoms with Crippen LogP contribution >= 0.6 is 0 Å². The molecule has 0 radical (unpaired) electrons. The molecule has 0 aliphatic carbocycles. The van der Waals surface area contributed by atoms with Crippen LogP contribution in [0.5, 0.6) is 0 Å². The average molecular weight is 240 g/mol. The Bertz CT molecular complexity index is 249. The van der Waals surface area contributed by atoms with Crippen LogP contribution < -0.4 is 5.32 Å². The fraction of sp³-hybridized carbons (Fsp3) is 0.929. The maximum absolute atomic E-state index is 12.3. The van der Waals surface area contributed by atoms with E-state index in [9.17, 15) is 4.79 Å². The third-order valence-corrected chi connectivity index (χ3v) is 3.81. The Kier molecular flexibility index (Phi) is 5.44. The molecule has 3 nitrogen and oxygen atoms in total. The van der Waals surface area contributed by atoms with Crippen LogP contribution in [0.4, 0.5) is 0 Å². The Balaban J connectivity index is 2.58. The van der Waals surface area contributed by atoms with Crippen molar-refractivity contribution < 1.29 is 4.79 Å². The highest BCUT2D eigenvalue weighted by Crippen LogP contribution is 2.20. The second-order valence-electron chi connectivity index (χ2n) is 5.70. The summed E-state index contributed by atoms with van der Waals surface area (Å²) in [5.41, 5.74) is 0. The van der Waals surface area contributed by atoms with Crippen molar-refractivity contribution in [1.29, 1.82) is 0 Å². The molecule has 0 saturated carbocycles. The first kappa shape index (κ1) is 14.5. The van der Waals surface area contributed by atoms with Crippen LogP contribution in [0, 0.1) is 11.8 Å². The Labute approximate surface area is 106 Å². The van der Waals surface area contributed by atoms with Crippen LogP contribution in [0.25, 0.3) is 0 Å². The first-order valence-electron chi connectivity index (χ1n) is 7.06. The third-order valence-electron chi connectivity index (χ3n) is 3.81. The second kappa shape index (κ2) is 6.39. The standard InChI is InChI=1S/C14H28N2O/c1-6-12(7-2)9-16-11(5)15-13(14(16)17)8-10(3)4/h10-13,15H,6-9H2,1-5H3. The maximum atomic E-state index is 12.3. The molecule has 2 unspecified atom stereocenters. The number of nitrogens with zero attached hydrogens (tertiary/aromatic N) is 1. The van der Waals surface area contributed by atoms with Gasteiger partial charge in [-0.05, 0) is 25.2 Å². The lowest BCUT2D eigenvalue weighted by atomic mass is 10.0. The molecular weight excluding hydrogens is 212 g/mol. The molecule has 0 bridgehead atoms. The van der Waals surface area contributed by atoms with Gasteiger partial charge in [-0.3, -0.25) is 10.1 Å². The number of hydrogen-bond acceptors (Lipinski definition) is 2. The predicted molar refractivity (Wildman–Crippen MR) is 71.6 cm³/mol. The molecule has 1 saturated heterocycles. The van der Waals surface area contributed by atoms with Gasteiger partial charge in [0.25, 0.3) is 0 Å². The summed E-state index contributed by atoms with van der Waals surface area (Å²) >= 11 is 0. The molecule has 0 aromatic carbocycles. The van der Waals surface area contributed by atoms with Gasteiger partial charge in [0.15, 0.2) is 0 Å². The quantitative estimate of drug-likeness (QED) is 0.774. The average Bonchev–Trinajstić information content (AvgIpc) is 2.51. The highest BCUT2D eigenvalue weighted by Gasteiger charge is 2.36. The van der Waals surface area contributed by atoms with Gasteiger partial charge >= 0.3 is 0 Å². The predicted octanol–water partition coefficient (Wildman–Crippen LogP) is 2.62. The molecule has 17 heavy (non-hydrogen) atoms. The zero-order valence-corrected chi connectivity index (χ0v) is 12.0. The molecule has 0 spiro atoms. The summed E-state index contributed by atoms with van der Waals surface area (Å²) in [6, 6.07) is 0.0411. The van der Waals surface area contributed by atoms with Gasteiger partial charge in [-0.2, -0.15) is 0 Å². The molecule has 1 aliphatic rings. The highest BCUT2D eigenvalue weighted by molar-refractivity contribution is 5.84. The number of carbonyl (C=O) groups excluding carboxylic acids is 1. The van der Waals surface area contributed by atoms with E-state index >= 15 is 0 Å². The van der Waals surface area contributed by atoms with Crippen LogP contribution in [0.2, 0.25) is 0 Å². The molecule has 1 aliphatic heterocycles. The molecule has 1 amide bonds. The highest BCUT2D eigenvalue weighted by atomic mass is 16.2. The summed E-state index contributed by atoms with van der Waals surface area (Å²) < 4.78 is 0. The van der Waals surface area contributed by atoms with Crippen LogP contribution in [0.15, 0.2) is 0 Å². The first-order valence-corrected chi connectivity index (χ1v) is 7.06. The van der Waals surface area contributed by atoms with Crippen LogP contribution in [0.3, 0.4) is 0 Å². The van der Waals surface area contributed by atoms with E-state index < -0.39 is 0 Å². The summed E-state index contributed by atoms with van der Waals surface area (Å²) in [4.78, 5) is 14.3. The lowest BCUT2D eigenvalue weighted by Crippen LogP contribution is -2.38. The Hall–Kier alpha value is -0.570. The molecule has 1 rings (SSSR count). The number of amides is 1. The molecule has 2 atom stereocenters. The van der Waals surface area contributed by atoms with E-state index in [2.05, 4.69) is 39.9 Å². The fourth-order valence-electron chi connectivity index (χ4n) is 2.56. The summed E-state index contributed by atoms with van der Waals surface area (Å²) in [5, 5.41) is 3.41. The number of carbonyl (C=O) groups is 1. The van der Waals surface area contributed by atoms with Gasteiger partial charge in [0.05, 0.1) is 12.2 Å². The Morgan fingerprint density at radius 1 is 1.29 bits per heavy atom. The van der Waals surface area contributed by atoms with E-state index in [1.165, 1.54) is 0 Å². The summed E-state index contributed by atoms with van der Waals surface area (Å²) in [5.74, 6) is 1.51. The number of nitrogens with one attached hydrogen (secondary N) is 1. The number of rotatable bonds is 6. The van der Waals surface area contributed by atoms with Crippen molar-refractivity contribution in [2.24, 2.45) is 11.8 Å². The molecule has 1 N–H and O–H groups in total. The zero-order valence-electron chi connectivity index (χ0n) is 12.0. The van der Waals surface area contributed by atoms with Gasteiger partial charge in [0, 0.05) is 6.54 Å². The molecule has 1 heterocycles. The van der Waals surface area contributed by atoms with Crippen molar-refractivity contribution in [3.8, 4) is 0 Å². The zero-order chi connectivity index (χ0) is 13.0. The van der Waals surface area contributed by atoms with Gasteiger partial charge in [-0.15, -0.1) is 0 Å². The smallest absolute Gasteiger partial charge is 0.241 e. The van der Waals surface area contributed by atoms with Gasteiger partial charge in [0.1, 0.15) is 0 Å². The molecule has 1 fully saturated rings. The van der Waals surface area contributed by atoms with Crippen LogP contribution in [-0.2, 0) is 4.79 Å². The van der Waals surface area contributed by atoms with Gasteiger partial charge in [-0.1, -0.05) is 40.5 Å². The minimum atomic E-state index is 0.0411. The monoisotopic (exact) mass is 240 g/mol. The van der Waals surface area contributed by atoms with E-state index in [4.69, 9.17) is 0 Å². The van der Waals surface area contributed by atoms with E-state index in [-0.39, 0.29) is 12.2 Å². The molecule has 3 heteroatoms. The van der Waals surface area contributed by atoms with E-state index in [1.807, 2.05) is 4.90 Å². The fourth-order valence-corrected chi connectivity index (χ4v) is 2.56. The van der Waals surface area contributed by atoms with E-state index in [0.717, 1.165) is 25.8 Å².